The third kappa shape index (κ3) is 8.93. The summed E-state index contributed by atoms with van der Waals surface area (Å²) < 4.78 is 16.3. The summed E-state index contributed by atoms with van der Waals surface area (Å²) in [5, 5.41) is 0. The number of ether oxygens (including phenoxy) is 3. The largest absolute Gasteiger partial charge is 0.466 e. The molecule has 162 valence electrons. The van der Waals surface area contributed by atoms with Gasteiger partial charge in [0.15, 0.2) is 0 Å². The van der Waals surface area contributed by atoms with E-state index in [-0.39, 0.29) is 11.9 Å². The van der Waals surface area contributed by atoms with E-state index in [1.54, 1.807) is 0 Å². The first-order valence-electron chi connectivity index (χ1n) is 11.4. The maximum atomic E-state index is 11.9. The van der Waals surface area contributed by atoms with Crippen LogP contribution in [-0.4, -0.2) is 37.9 Å². The second-order valence-electron chi connectivity index (χ2n) is 9.10. The Morgan fingerprint density at radius 2 is 1.57 bits per heavy atom. The minimum absolute atomic E-state index is 0.131. The number of esters is 2. The predicted molar refractivity (Wildman–Crippen MR) is 109 cm³/mol. The molecule has 1 aliphatic heterocycles. The van der Waals surface area contributed by atoms with Crippen LogP contribution in [0.4, 0.5) is 0 Å². The molecule has 2 rings (SSSR count). The molecular weight excluding hydrogens is 356 g/mol. The van der Waals surface area contributed by atoms with Crippen molar-refractivity contribution in [1.82, 2.24) is 0 Å². The van der Waals surface area contributed by atoms with Crippen molar-refractivity contribution in [3.05, 3.63) is 0 Å². The maximum Gasteiger partial charge on any atom is 0.305 e. The SMILES string of the molecule is CC1CC(CCOC(=O)CCCCC(=O)OCC2CCC(C)C(C)C2)CCO1. The van der Waals surface area contributed by atoms with E-state index in [1.165, 1.54) is 6.42 Å². The Morgan fingerprint density at radius 3 is 2.25 bits per heavy atom. The number of carbonyl (C=O) groups is 2. The second kappa shape index (κ2) is 12.5. The number of unbranched alkanes of at least 4 members (excludes halogenated alkanes) is 1. The molecule has 0 aromatic carbocycles. The number of carbonyl (C=O) groups excluding carboxylic acids is 2. The Morgan fingerprint density at radius 1 is 0.857 bits per heavy atom. The van der Waals surface area contributed by atoms with E-state index < -0.39 is 0 Å². The van der Waals surface area contributed by atoms with Crippen LogP contribution in [0.3, 0.4) is 0 Å². The molecule has 5 nitrogen and oxygen atoms in total. The molecule has 0 N–H and O–H groups in total. The van der Waals surface area contributed by atoms with Crippen LogP contribution in [0.5, 0.6) is 0 Å². The smallest absolute Gasteiger partial charge is 0.305 e. The topological polar surface area (TPSA) is 61.8 Å². The van der Waals surface area contributed by atoms with Crippen molar-refractivity contribution in [2.45, 2.75) is 91.1 Å². The molecule has 5 unspecified atom stereocenters. The van der Waals surface area contributed by atoms with E-state index in [9.17, 15) is 9.59 Å². The molecule has 2 aliphatic rings. The molecule has 1 heterocycles. The third-order valence-corrected chi connectivity index (χ3v) is 6.58. The fourth-order valence-electron chi connectivity index (χ4n) is 4.40. The van der Waals surface area contributed by atoms with Crippen LogP contribution in [0.1, 0.15) is 85.0 Å². The molecule has 0 spiro atoms. The van der Waals surface area contributed by atoms with Crippen LogP contribution in [0.25, 0.3) is 0 Å². The van der Waals surface area contributed by atoms with E-state index in [4.69, 9.17) is 14.2 Å². The Balaban J connectivity index is 1.44. The first kappa shape index (κ1) is 23.2. The molecule has 0 radical (unpaired) electrons. The average Bonchev–Trinajstić information content (AvgIpc) is 2.66. The van der Waals surface area contributed by atoms with Crippen LogP contribution < -0.4 is 0 Å². The van der Waals surface area contributed by atoms with Crippen molar-refractivity contribution in [3.63, 3.8) is 0 Å². The van der Waals surface area contributed by atoms with Gasteiger partial charge in [0.25, 0.3) is 0 Å². The van der Waals surface area contributed by atoms with E-state index in [0.29, 0.717) is 56.8 Å². The zero-order chi connectivity index (χ0) is 20.4. The van der Waals surface area contributed by atoms with Gasteiger partial charge in [0.1, 0.15) is 0 Å². The summed E-state index contributed by atoms with van der Waals surface area (Å²) in [5.41, 5.74) is 0. The Bertz CT molecular complexity index is 478. The normalized spacial score (nSPS) is 30.6. The van der Waals surface area contributed by atoms with Gasteiger partial charge in [-0.25, -0.2) is 0 Å². The van der Waals surface area contributed by atoms with Crippen molar-refractivity contribution >= 4 is 11.9 Å². The quantitative estimate of drug-likeness (QED) is 0.388. The highest BCUT2D eigenvalue weighted by Crippen LogP contribution is 2.33. The highest BCUT2D eigenvalue weighted by atomic mass is 16.5. The summed E-state index contributed by atoms with van der Waals surface area (Å²) in [5.74, 6) is 2.34. The third-order valence-electron chi connectivity index (χ3n) is 6.58. The fraction of sp³-hybridized carbons (Fsp3) is 0.913. The monoisotopic (exact) mass is 396 g/mol. The lowest BCUT2D eigenvalue weighted by Gasteiger charge is -2.31. The van der Waals surface area contributed by atoms with Crippen LogP contribution in [0.2, 0.25) is 0 Å². The van der Waals surface area contributed by atoms with Crippen LogP contribution in [0, 0.1) is 23.7 Å². The molecule has 5 atom stereocenters. The van der Waals surface area contributed by atoms with Crippen molar-refractivity contribution in [2.24, 2.45) is 23.7 Å². The van der Waals surface area contributed by atoms with Crippen LogP contribution in [-0.2, 0) is 23.8 Å². The van der Waals surface area contributed by atoms with E-state index in [1.807, 2.05) is 0 Å². The van der Waals surface area contributed by atoms with Crippen LogP contribution in [0.15, 0.2) is 0 Å². The number of rotatable bonds is 10. The van der Waals surface area contributed by atoms with Crippen LogP contribution >= 0.6 is 0 Å². The predicted octanol–water partition coefficient (Wildman–Crippen LogP) is 4.91. The molecule has 1 aliphatic carbocycles. The van der Waals surface area contributed by atoms with Gasteiger partial charge in [-0.05, 0) is 75.5 Å². The van der Waals surface area contributed by atoms with Gasteiger partial charge in [-0.1, -0.05) is 20.3 Å². The van der Waals surface area contributed by atoms with Gasteiger partial charge in [0, 0.05) is 19.4 Å². The molecule has 0 aromatic rings. The molecule has 0 aromatic heterocycles. The Hall–Kier alpha value is -1.10. The molecule has 2 fully saturated rings. The molecule has 5 heteroatoms. The summed E-state index contributed by atoms with van der Waals surface area (Å²) in [6, 6.07) is 0. The van der Waals surface area contributed by atoms with Gasteiger partial charge in [-0.3, -0.25) is 9.59 Å². The van der Waals surface area contributed by atoms with Gasteiger partial charge in [0.05, 0.1) is 19.3 Å². The zero-order valence-corrected chi connectivity index (χ0v) is 18.1. The molecule has 0 amide bonds. The molecule has 28 heavy (non-hydrogen) atoms. The van der Waals surface area contributed by atoms with Gasteiger partial charge >= 0.3 is 11.9 Å². The zero-order valence-electron chi connectivity index (χ0n) is 18.1. The molecule has 1 saturated carbocycles. The summed E-state index contributed by atoms with van der Waals surface area (Å²) in [4.78, 5) is 23.7. The minimum atomic E-state index is -0.154. The van der Waals surface area contributed by atoms with Crippen molar-refractivity contribution in [2.75, 3.05) is 19.8 Å². The maximum absolute atomic E-state index is 11.9. The number of hydrogen-bond acceptors (Lipinski definition) is 5. The number of hydrogen-bond donors (Lipinski definition) is 0. The first-order valence-corrected chi connectivity index (χ1v) is 11.4. The van der Waals surface area contributed by atoms with Gasteiger partial charge < -0.3 is 14.2 Å². The molecule has 1 saturated heterocycles. The van der Waals surface area contributed by atoms with Crippen molar-refractivity contribution in [3.8, 4) is 0 Å². The summed E-state index contributed by atoms with van der Waals surface area (Å²) in [7, 11) is 0. The molecular formula is C23H40O5. The van der Waals surface area contributed by atoms with E-state index >= 15 is 0 Å². The van der Waals surface area contributed by atoms with Gasteiger partial charge in [-0.2, -0.15) is 0 Å². The lowest BCUT2D eigenvalue weighted by atomic mass is 9.76. The summed E-state index contributed by atoms with van der Waals surface area (Å²) >= 11 is 0. The highest BCUT2D eigenvalue weighted by Gasteiger charge is 2.25. The Kier molecular flexibility index (Phi) is 10.3. The summed E-state index contributed by atoms with van der Waals surface area (Å²) in [6.07, 6.45) is 9.06. The lowest BCUT2D eigenvalue weighted by Crippen LogP contribution is -2.25. The average molecular weight is 397 g/mol. The lowest BCUT2D eigenvalue weighted by molar-refractivity contribution is -0.147. The van der Waals surface area contributed by atoms with Gasteiger partial charge in [0.2, 0.25) is 0 Å². The Labute approximate surface area is 170 Å². The van der Waals surface area contributed by atoms with E-state index in [2.05, 4.69) is 20.8 Å². The van der Waals surface area contributed by atoms with Crippen molar-refractivity contribution in [1.29, 1.82) is 0 Å². The van der Waals surface area contributed by atoms with Crippen molar-refractivity contribution < 1.29 is 23.8 Å². The standard InChI is InChI=1S/C23H40O5/c1-17-8-9-21(14-18(17)2)16-28-23(25)7-5-4-6-22(24)27-13-11-20-10-12-26-19(3)15-20/h17-21H,4-16H2,1-3H3. The second-order valence-corrected chi connectivity index (χ2v) is 9.10. The van der Waals surface area contributed by atoms with E-state index in [0.717, 1.165) is 50.5 Å². The highest BCUT2D eigenvalue weighted by molar-refractivity contribution is 5.70. The van der Waals surface area contributed by atoms with Gasteiger partial charge in [-0.15, -0.1) is 0 Å². The fourth-order valence-corrected chi connectivity index (χ4v) is 4.40. The molecule has 0 bridgehead atoms. The first-order chi connectivity index (χ1) is 13.4. The minimum Gasteiger partial charge on any atom is -0.466 e. The summed E-state index contributed by atoms with van der Waals surface area (Å²) in [6.45, 7) is 8.57.